The van der Waals surface area contributed by atoms with Crippen LogP contribution in [0.25, 0.3) is 0 Å². The summed E-state index contributed by atoms with van der Waals surface area (Å²) in [7, 11) is -4.04. The minimum Gasteiger partial charge on any atom is -0.474 e. The number of aromatic nitrogens is 2. The lowest BCUT2D eigenvalue weighted by Crippen LogP contribution is -2.41. The molecular formula is C26H48N4O8S2. The Hall–Kier alpha value is -1.42. The number of anilines is 1. The van der Waals surface area contributed by atoms with Crippen molar-refractivity contribution in [1.29, 1.82) is 0 Å². The Labute approximate surface area is 243 Å². The number of hydrogen-bond donors (Lipinski definition) is 2. The molecule has 2 N–H and O–H groups in total. The highest BCUT2D eigenvalue weighted by atomic mass is 32.2. The number of rotatable bonds is 18. The number of carbonyl (C=O) groups excluding carboxylic acids is 1. The van der Waals surface area contributed by atoms with Crippen molar-refractivity contribution in [3.63, 3.8) is 0 Å². The summed E-state index contributed by atoms with van der Waals surface area (Å²) in [5.41, 5.74) is -1.46. The van der Waals surface area contributed by atoms with Gasteiger partial charge in [0.1, 0.15) is 6.61 Å². The average molecular weight is 609 g/mol. The number of Topliss-reactive ketones (excluding diaryl/α,β-unsaturated/α-hetero) is 1. The van der Waals surface area contributed by atoms with Gasteiger partial charge in [-0.3, -0.25) is 9.35 Å². The molecule has 0 aromatic carbocycles. The van der Waals surface area contributed by atoms with Crippen LogP contribution in [0.3, 0.4) is 0 Å². The van der Waals surface area contributed by atoms with E-state index < -0.39 is 21.3 Å². The summed E-state index contributed by atoms with van der Waals surface area (Å²) in [6.45, 7) is 17.5. The zero-order valence-electron chi connectivity index (χ0n) is 25.0. The summed E-state index contributed by atoms with van der Waals surface area (Å²) in [5, 5.41) is 3.47. The molecule has 1 aromatic rings. The summed E-state index contributed by atoms with van der Waals surface area (Å²) in [5.74, 6) is 0.713. The molecule has 40 heavy (non-hydrogen) atoms. The van der Waals surface area contributed by atoms with Crippen LogP contribution in [0.2, 0.25) is 0 Å². The standard InChI is InChI=1S/C26H48N4O8S2/c1-24(2,3)27-17-20(18-36-23-22(28-39-29-23)30-10-13-35-14-11-30)16-21(31)19-38-25(4,5)8-12-37-26(6,7)9-15-40(32,33)34/h20,27H,8-19H2,1-7H3,(H,32,33,34)/t20-/m0/s1. The maximum absolute atomic E-state index is 12.9. The molecule has 0 amide bonds. The quantitative estimate of drug-likeness (QED) is 0.236. The summed E-state index contributed by atoms with van der Waals surface area (Å²) in [4.78, 5) is 15.0. The molecule has 0 unspecified atom stereocenters. The smallest absolute Gasteiger partial charge is 0.270 e. The number of nitrogens with one attached hydrogen (secondary N) is 1. The fraction of sp³-hybridized carbons (Fsp3) is 0.885. The molecule has 0 aliphatic carbocycles. The molecule has 232 valence electrons. The molecule has 1 aliphatic rings. The highest BCUT2D eigenvalue weighted by Crippen LogP contribution is 2.27. The molecule has 1 aromatic heterocycles. The second-order valence-electron chi connectivity index (χ2n) is 12.5. The maximum atomic E-state index is 12.9. The third-order valence-electron chi connectivity index (χ3n) is 6.43. The normalized spacial score (nSPS) is 16.2. The van der Waals surface area contributed by atoms with Crippen LogP contribution in [0, 0.1) is 5.92 Å². The molecular weight excluding hydrogens is 560 g/mol. The summed E-state index contributed by atoms with van der Waals surface area (Å²) in [6, 6.07) is 0. The van der Waals surface area contributed by atoms with E-state index in [0.29, 0.717) is 45.3 Å². The van der Waals surface area contributed by atoms with Crippen molar-refractivity contribution in [2.45, 2.75) is 84.5 Å². The molecule has 2 rings (SSSR count). The molecule has 0 saturated carbocycles. The minimum atomic E-state index is -4.04. The van der Waals surface area contributed by atoms with E-state index in [-0.39, 0.29) is 42.4 Å². The highest BCUT2D eigenvalue weighted by molar-refractivity contribution is 7.85. The fourth-order valence-electron chi connectivity index (χ4n) is 3.82. The van der Waals surface area contributed by atoms with Crippen molar-refractivity contribution < 1.29 is 36.7 Å². The summed E-state index contributed by atoms with van der Waals surface area (Å²) < 4.78 is 63.1. The highest BCUT2D eigenvalue weighted by Gasteiger charge is 2.27. The van der Waals surface area contributed by atoms with Gasteiger partial charge in [-0.1, -0.05) is 0 Å². The van der Waals surface area contributed by atoms with E-state index in [1.54, 1.807) is 13.8 Å². The van der Waals surface area contributed by atoms with Crippen LogP contribution < -0.4 is 15.0 Å². The van der Waals surface area contributed by atoms with Crippen molar-refractivity contribution in [1.82, 2.24) is 14.1 Å². The monoisotopic (exact) mass is 608 g/mol. The van der Waals surface area contributed by atoms with Crippen LogP contribution in [0.4, 0.5) is 5.82 Å². The zero-order chi connectivity index (χ0) is 30.0. The third kappa shape index (κ3) is 14.5. The predicted molar refractivity (Wildman–Crippen MR) is 155 cm³/mol. The molecule has 0 radical (unpaired) electrons. The fourth-order valence-corrected chi connectivity index (χ4v) is 5.09. The lowest BCUT2D eigenvalue weighted by Gasteiger charge is -2.30. The number of nitrogens with zero attached hydrogens (tertiary/aromatic N) is 3. The van der Waals surface area contributed by atoms with E-state index in [0.717, 1.165) is 30.6 Å². The molecule has 2 heterocycles. The van der Waals surface area contributed by atoms with Crippen LogP contribution >= 0.6 is 11.7 Å². The van der Waals surface area contributed by atoms with Crippen LogP contribution in [-0.2, 0) is 29.1 Å². The van der Waals surface area contributed by atoms with Gasteiger partial charge in [-0.25, -0.2) is 0 Å². The van der Waals surface area contributed by atoms with Crippen molar-refractivity contribution in [3.05, 3.63) is 0 Å². The van der Waals surface area contributed by atoms with Crippen molar-refractivity contribution in [2.75, 3.05) is 63.3 Å². The van der Waals surface area contributed by atoms with Gasteiger partial charge in [0.25, 0.3) is 16.0 Å². The first-order chi connectivity index (χ1) is 18.4. The van der Waals surface area contributed by atoms with Gasteiger partial charge in [-0.05, 0) is 61.3 Å². The van der Waals surface area contributed by atoms with Gasteiger partial charge in [-0.15, -0.1) is 4.37 Å². The van der Waals surface area contributed by atoms with Crippen LogP contribution in [0.1, 0.15) is 67.7 Å². The van der Waals surface area contributed by atoms with Crippen molar-refractivity contribution in [2.24, 2.45) is 5.92 Å². The van der Waals surface area contributed by atoms with Gasteiger partial charge in [0.2, 0.25) is 5.82 Å². The Morgan fingerprint density at radius 1 is 1.07 bits per heavy atom. The van der Waals surface area contributed by atoms with Gasteiger partial charge in [0.05, 0.1) is 55.1 Å². The minimum absolute atomic E-state index is 0.0309. The Morgan fingerprint density at radius 2 is 1.73 bits per heavy atom. The second-order valence-corrected chi connectivity index (χ2v) is 14.6. The largest absolute Gasteiger partial charge is 0.474 e. The van der Waals surface area contributed by atoms with E-state index in [1.165, 1.54) is 0 Å². The van der Waals surface area contributed by atoms with Crippen molar-refractivity contribution >= 4 is 33.4 Å². The van der Waals surface area contributed by atoms with E-state index in [9.17, 15) is 13.2 Å². The van der Waals surface area contributed by atoms with Crippen molar-refractivity contribution in [3.8, 4) is 5.88 Å². The third-order valence-corrected chi connectivity index (χ3v) is 7.65. The lowest BCUT2D eigenvalue weighted by molar-refractivity contribution is -0.132. The molecule has 12 nitrogen and oxygen atoms in total. The number of morpholine rings is 1. The van der Waals surface area contributed by atoms with E-state index in [4.69, 9.17) is 23.5 Å². The molecule has 1 atom stereocenters. The Kier molecular flexibility index (Phi) is 13.2. The van der Waals surface area contributed by atoms with Gasteiger partial charge in [0, 0.05) is 37.5 Å². The number of carbonyl (C=O) groups is 1. The zero-order valence-corrected chi connectivity index (χ0v) is 26.7. The van der Waals surface area contributed by atoms with Gasteiger partial charge in [0.15, 0.2) is 5.78 Å². The van der Waals surface area contributed by atoms with E-state index >= 15 is 0 Å². The molecule has 1 saturated heterocycles. The molecule has 14 heteroatoms. The number of ketones is 1. The van der Waals surface area contributed by atoms with Gasteiger partial charge >= 0.3 is 0 Å². The Balaban J connectivity index is 1.86. The first kappa shape index (κ1) is 34.8. The topological polar surface area (TPSA) is 149 Å². The predicted octanol–water partition coefficient (Wildman–Crippen LogP) is 2.98. The second kappa shape index (κ2) is 15.2. The van der Waals surface area contributed by atoms with Crippen LogP contribution in [0.15, 0.2) is 0 Å². The van der Waals surface area contributed by atoms with Crippen LogP contribution in [0.5, 0.6) is 5.88 Å². The number of ether oxygens (including phenoxy) is 4. The summed E-state index contributed by atoms with van der Waals surface area (Å²) >= 11 is 1.11. The molecule has 1 fully saturated rings. The number of hydrogen-bond acceptors (Lipinski definition) is 12. The molecule has 0 spiro atoms. The molecule has 0 bridgehead atoms. The van der Waals surface area contributed by atoms with Gasteiger partial charge < -0.3 is 29.2 Å². The average Bonchev–Trinajstić information content (AvgIpc) is 3.31. The SMILES string of the molecule is CC(C)(C)NC[C@@H](COc1nsnc1N1CCOCC1)CC(=O)COC(C)(C)CCOC(C)(C)CCS(=O)(=O)O. The maximum Gasteiger partial charge on any atom is 0.270 e. The lowest BCUT2D eigenvalue weighted by atomic mass is 10.0. The first-order valence-electron chi connectivity index (χ1n) is 13.7. The van der Waals surface area contributed by atoms with E-state index in [2.05, 4.69) is 39.7 Å². The van der Waals surface area contributed by atoms with Crippen LogP contribution in [-0.4, -0.2) is 103 Å². The Morgan fingerprint density at radius 3 is 2.35 bits per heavy atom. The summed E-state index contributed by atoms with van der Waals surface area (Å²) in [6.07, 6.45) is 0.959. The molecule has 1 aliphatic heterocycles. The first-order valence-corrected chi connectivity index (χ1v) is 16.1. The van der Waals surface area contributed by atoms with E-state index in [1.807, 2.05) is 13.8 Å². The Bertz CT molecular complexity index is 1020. The van der Waals surface area contributed by atoms with Gasteiger partial charge in [-0.2, -0.15) is 12.8 Å².